The maximum absolute atomic E-state index is 10.8. The molecule has 2 rings (SSSR count). The van der Waals surface area contributed by atoms with Crippen LogP contribution in [0.25, 0.3) is 5.69 Å². The average Bonchev–Trinajstić information content (AvgIpc) is 2.83. The molecule has 0 aliphatic heterocycles. The van der Waals surface area contributed by atoms with Crippen LogP contribution in [0.5, 0.6) is 0 Å². The topological polar surface area (TPSA) is 123 Å². The molecule has 0 bridgehead atoms. The van der Waals surface area contributed by atoms with Crippen molar-refractivity contribution in [1.29, 1.82) is 0 Å². The minimum atomic E-state index is -4.49. The molecule has 0 aliphatic carbocycles. The molecule has 0 saturated heterocycles. The molecule has 0 spiro atoms. The third kappa shape index (κ3) is 5.47. The molecule has 1 aromatic heterocycles. The largest absolute Gasteiger partial charge is 1.00 e. The number of aryl methyl sites for hydroxylation is 1. The molecular formula is C11H11N2NaO6S2. The number of nitrogens with zero attached hydrogens (tertiary/aromatic N) is 2. The van der Waals surface area contributed by atoms with E-state index in [4.69, 9.17) is 0 Å². The number of imidazole rings is 1. The average molecular weight is 354 g/mol. The first kappa shape index (κ1) is 19.3. The van der Waals surface area contributed by atoms with Gasteiger partial charge in [-0.05, 0) is 24.3 Å². The molecule has 1 heterocycles. The van der Waals surface area contributed by atoms with Crippen LogP contribution >= 0.6 is 0 Å². The summed E-state index contributed by atoms with van der Waals surface area (Å²) in [5.74, 6) is -0.519. The molecule has 0 atom stereocenters. The Morgan fingerprint density at radius 3 is 2.14 bits per heavy atom. The second-order valence-electron chi connectivity index (χ2n) is 4.27. The van der Waals surface area contributed by atoms with Crippen molar-refractivity contribution in [2.45, 2.75) is 11.4 Å². The summed E-state index contributed by atoms with van der Waals surface area (Å²) in [5.41, 5.74) is 0.589. The summed E-state index contributed by atoms with van der Waals surface area (Å²) in [6.45, 7) is 0.0197. The summed E-state index contributed by atoms with van der Waals surface area (Å²) < 4.78 is 67.2. The van der Waals surface area contributed by atoms with Crippen LogP contribution in [0.4, 0.5) is 0 Å². The van der Waals surface area contributed by atoms with Crippen molar-refractivity contribution in [3.05, 3.63) is 43.0 Å². The summed E-state index contributed by atoms with van der Waals surface area (Å²) >= 11 is 0. The first-order valence-corrected chi connectivity index (χ1v) is 8.71. The molecule has 11 heteroatoms. The molecule has 22 heavy (non-hydrogen) atoms. The maximum Gasteiger partial charge on any atom is 1.00 e. The quantitative estimate of drug-likeness (QED) is 0.308. The van der Waals surface area contributed by atoms with E-state index in [9.17, 15) is 25.9 Å². The fraction of sp³-hybridized carbons (Fsp3) is 0.182. The van der Waals surface area contributed by atoms with Crippen molar-refractivity contribution in [3.63, 3.8) is 0 Å². The standard InChI is InChI=1S/C11H12N2O6S2.Na/c14-20(15,16)8-7-12-5-6-13(9-12)10-1-3-11(4-2-10)21(17,18)19;/h1-6,9H,7-8H2,(H-,14,15,16,17,18,19);/q;+1/p-1. The van der Waals surface area contributed by atoms with Gasteiger partial charge in [-0.3, -0.25) is 0 Å². The van der Waals surface area contributed by atoms with Crippen molar-refractivity contribution in [1.82, 2.24) is 4.57 Å². The molecule has 0 fully saturated rings. The third-order valence-corrected chi connectivity index (χ3v) is 4.25. The predicted octanol–water partition coefficient (Wildman–Crippen LogP) is -3.78. The van der Waals surface area contributed by atoms with Gasteiger partial charge in [0.25, 0.3) is 0 Å². The van der Waals surface area contributed by atoms with Gasteiger partial charge in [-0.15, -0.1) is 0 Å². The Balaban J connectivity index is 0.00000242. The minimum absolute atomic E-state index is 0. The third-order valence-electron chi connectivity index (χ3n) is 2.71. The number of rotatable bonds is 5. The predicted molar refractivity (Wildman–Crippen MR) is 68.5 cm³/mol. The maximum atomic E-state index is 10.8. The van der Waals surface area contributed by atoms with Gasteiger partial charge in [-0.25, -0.2) is 26.0 Å². The Kier molecular flexibility index (Phi) is 6.33. The fourth-order valence-electron chi connectivity index (χ4n) is 1.68. The second-order valence-corrected chi connectivity index (χ2v) is 7.17. The van der Waals surface area contributed by atoms with E-state index in [2.05, 4.69) is 0 Å². The second kappa shape index (κ2) is 7.21. The van der Waals surface area contributed by atoms with Gasteiger partial charge in [0.2, 0.25) is 6.33 Å². The summed E-state index contributed by atoms with van der Waals surface area (Å²) in [5, 5.41) is 0. The molecule has 0 N–H and O–H groups in total. The zero-order valence-electron chi connectivity index (χ0n) is 11.6. The van der Waals surface area contributed by atoms with Crippen molar-refractivity contribution in [2.24, 2.45) is 0 Å². The molecule has 114 valence electrons. The van der Waals surface area contributed by atoms with Crippen LogP contribution in [0.1, 0.15) is 0 Å². The number of aromatic nitrogens is 2. The van der Waals surface area contributed by atoms with Crippen LogP contribution in [-0.2, 0) is 26.8 Å². The van der Waals surface area contributed by atoms with Crippen molar-refractivity contribution in [3.8, 4) is 5.69 Å². The van der Waals surface area contributed by atoms with Gasteiger partial charge in [0.05, 0.1) is 20.8 Å². The van der Waals surface area contributed by atoms with E-state index >= 15 is 0 Å². The minimum Gasteiger partial charge on any atom is -0.748 e. The summed E-state index contributed by atoms with van der Waals surface area (Å²) in [4.78, 5) is -0.330. The Morgan fingerprint density at radius 1 is 1.05 bits per heavy atom. The number of hydrogen-bond donors (Lipinski definition) is 0. The first-order valence-electron chi connectivity index (χ1n) is 5.72. The van der Waals surface area contributed by atoms with Crippen LogP contribution in [0.2, 0.25) is 0 Å². The smallest absolute Gasteiger partial charge is 0.748 e. The van der Waals surface area contributed by atoms with Gasteiger partial charge >= 0.3 is 29.6 Å². The van der Waals surface area contributed by atoms with Gasteiger partial charge in [0.1, 0.15) is 34.7 Å². The molecular weight excluding hydrogens is 343 g/mol. The van der Waals surface area contributed by atoms with Crippen LogP contribution < -0.4 is 34.1 Å². The van der Waals surface area contributed by atoms with Crippen molar-refractivity contribution in [2.75, 3.05) is 5.75 Å². The summed E-state index contributed by atoms with van der Waals surface area (Å²) in [6.07, 6.45) is 4.73. The Bertz CT molecular complexity index is 843. The van der Waals surface area contributed by atoms with Gasteiger partial charge < -0.3 is 9.11 Å². The monoisotopic (exact) mass is 354 g/mol. The van der Waals surface area contributed by atoms with E-state index in [1.807, 2.05) is 0 Å². The Labute approximate surface area is 150 Å². The molecule has 0 radical (unpaired) electrons. The van der Waals surface area contributed by atoms with E-state index in [1.165, 1.54) is 28.8 Å². The summed E-state index contributed by atoms with van der Waals surface area (Å²) in [7, 11) is -8.77. The van der Waals surface area contributed by atoms with Gasteiger partial charge in [0, 0.05) is 0 Å². The first-order chi connectivity index (χ1) is 9.65. The van der Waals surface area contributed by atoms with Crippen LogP contribution in [0, 0.1) is 0 Å². The van der Waals surface area contributed by atoms with Crippen LogP contribution in [0.3, 0.4) is 0 Å². The fourth-order valence-corrected chi connectivity index (χ4v) is 2.59. The van der Waals surface area contributed by atoms with E-state index in [-0.39, 0.29) is 41.0 Å². The number of hydrogen-bond acceptors (Lipinski definition) is 6. The van der Waals surface area contributed by atoms with Crippen LogP contribution in [0.15, 0.2) is 47.9 Å². The Hall–Kier alpha value is -0.750. The van der Waals surface area contributed by atoms with E-state index in [0.717, 1.165) is 0 Å². The zero-order valence-corrected chi connectivity index (χ0v) is 15.2. The zero-order chi connectivity index (χ0) is 15.7. The van der Waals surface area contributed by atoms with E-state index < -0.39 is 26.0 Å². The molecule has 8 nitrogen and oxygen atoms in total. The van der Waals surface area contributed by atoms with Gasteiger partial charge in [0.15, 0.2) is 0 Å². The number of benzene rings is 1. The van der Waals surface area contributed by atoms with E-state index in [1.54, 1.807) is 23.3 Å². The summed E-state index contributed by atoms with van der Waals surface area (Å²) in [6, 6.07) is 5.26. The molecule has 1 aromatic carbocycles. The molecule has 0 unspecified atom stereocenters. The molecule has 0 aliphatic rings. The van der Waals surface area contributed by atoms with Gasteiger partial charge in [-0.1, -0.05) is 0 Å². The normalized spacial score (nSPS) is 11.9. The van der Waals surface area contributed by atoms with Crippen LogP contribution in [-0.4, -0.2) is 36.3 Å². The van der Waals surface area contributed by atoms with Crippen molar-refractivity contribution >= 4 is 20.2 Å². The Morgan fingerprint density at radius 2 is 1.64 bits per heavy atom. The van der Waals surface area contributed by atoms with Gasteiger partial charge in [-0.2, -0.15) is 0 Å². The molecule has 0 saturated carbocycles. The molecule has 2 aromatic rings. The SMILES string of the molecule is O=S(=O)([O-])CC[n+]1ccn(-c2ccc(S(=O)(=O)[O-])cc2)c1.[Na+]. The molecule has 0 amide bonds. The van der Waals surface area contributed by atoms with Crippen molar-refractivity contribution < 1.29 is 60.1 Å². The van der Waals surface area contributed by atoms with E-state index in [0.29, 0.717) is 5.69 Å².